The maximum atomic E-state index is 12.9. The zero-order valence-electron chi connectivity index (χ0n) is 18.7. The molecule has 3 aliphatic carbocycles. The van der Waals surface area contributed by atoms with E-state index in [2.05, 4.69) is 13.8 Å². The third-order valence-electron chi connectivity index (χ3n) is 6.45. The second-order valence-corrected chi connectivity index (χ2v) is 10.2. The lowest BCUT2D eigenvalue weighted by Gasteiger charge is -2.62. The fourth-order valence-corrected chi connectivity index (χ4v) is 4.68. The zero-order valence-corrected chi connectivity index (χ0v) is 18.7. The van der Waals surface area contributed by atoms with Crippen LogP contribution in [-0.2, 0) is 19.1 Å². The van der Waals surface area contributed by atoms with Gasteiger partial charge >= 0.3 is 11.9 Å². The molecule has 3 fully saturated rings. The number of aliphatic imine (C=N–C) groups is 1. The van der Waals surface area contributed by atoms with Crippen molar-refractivity contribution in [1.82, 2.24) is 0 Å². The molecular weight excluding hydrogens is 358 g/mol. The van der Waals surface area contributed by atoms with Crippen molar-refractivity contribution in [3.63, 3.8) is 0 Å². The molecule has 0 aromatic carbocycles. The lowest BCUT2D eigenvalue weighted by Crippen LogP contribution is -2.65. The molecule has 28 heavy (non-hydrogen) atoms. The number of carbonyl (C=O) groups excluding carboxylic acids is 2. The van der Waals surface area contributed by atoms with Crippen molar-refractivity contribution in [3.8, 4) is 0 Å². The number of carbonyl (C=O) groups is 2. The summed E-state index contributed by atoms with van der Waals surface area (Å²) in [6, 6.07) is -0.842. The molecule has 3 saturated carbocycles. The molecule has 160 valence electrons. The number of rotatable bonds is 6. The van der Waals surface area contributed by atoms with Crippen LogP contribution >= 0.6 is 0 Å². The zero-order chi connectivity index (χ0) is 21.5. The summed E-state index contributed by atoms with van der Waals surface area (Å²) in [5.41, 5.74) is -0.985. The molecule has 0 aromatic heterocycles. The topological polar surface area (TPSA) is 85.2 Å². The number of nitrogens with zero attached hydrogens (tertiary/aromatic N) is 1. The van der Waals surface area contributed by atoms with Crippen LogP contribution in [0, 0.1) is 23.2 Å². The van der Waals surface area contributed by atoms with Crippen molar-refractivity contribution in [2.24, 2.45) is 28.2 Å². The fraction of sp³-hybridized carbons (Fsp3) is 0.864. The van der Waals surface area contributed by atoms with E-state index in [4.69, 9.17) is 14.5 Å². The molecule has 3 aliphatic rings. The summed E-state index contributed by atoms with van der Waals surface area (Å²) in [7, 11) is 0. The summed E-state index contributed by atoms with van der Waals surface area (Å²) in [6.07, 6.45) is 1.73. The Morgan fingerprint density at radius 3 is 2.36 bits per heavy atom. The maximum Gasteiger partial charge on any atom is 0.331 e. The molecule has 2 unspecified atom stereocenters. The largest absolute Gasteiger partial charge is 0.466 e. The monoisotopic (exact) mass is 395 g/mol. The first-order chi connectivity index (χ1) is 12.7. The minimum Gasteiger partial charge on any atom is -0.466 e. The second kappa shape index (κ2) is 7.77. The van der Waals surface area contributed by atoms with Crippen LogP contribution in [0.4, 0.5) is 0 Å². The first kappa shape index (κ1) is 22.9. The molecule has 3 rings (SSSR count). The average molecular weight is 396 g/mol. The van der Waals surface area contributed by atoms with Gasteiger partial charge in [0.25, 0.3) is 0 Å². The van der Waals surface area contributed by atoms with Gasteiger partial charge in [-0.2, -0.15) is 0 Å². The van der Waals surface area contributed by atoms with Crippen molar-refractivity contribution in [2.45, 2.75) is 91.9 Å². The number of esters is 2. The van der Waals surface area contributed by atoms with Crippen molar-refractivity contribution in [1.29, 1.82) is 0 Å². The molecule has 1 N–H and O–H groups in total. The molecule has 0 aromatic rings. The van der Waals surface area contributed by atoms with Crippen molar-refractivity contribution >= 4 is 17.7 Å². The quantitative estimate of drug-likeness (QED) is 0.695. The van der Waals surface area contributed by atoms with Gasteiger partial charge in [-0.1, -0.05) is 20.8 Å². The van der Waals surface area contributed by atoms with Gasteiger partial charge in [0, 0.05) is 5.71 Å². The first-order valence-corrected chi connectivity index (χ1v) is 10.4. The number of aliphatic hydroxyl groups is 1. The Kier molecular flexibility index (Phi) is 6.34. The van der Waals surface area contributed by atoms with E-state index >= 15 is 0 Å². The van der Waals surface area contributed by atoms with Gasteiger partial charge in [0.1, 0.15) is 11.2 Å². The lowest BCUT2D eigenvalue weighted by molar-refractivity contribution is -0.158. The lowest BCUT2D eigenvalue weighted by atomic mass is 9.44. The van der Waals surface area contributed by atoms with E-state index in [0.29, 0.717) is 24.7 Å². The Hall–Kier alpha value is -1.43. The Bertz CT molecular complexity index is 644. The number of hydrogen-bond donors (Lipinski definition) is 1. The van der Waals surface area contributed by atoms with E-state index in [0.717, 1.165) is 6.42 Å². The Balaban J connectivity index is 2.30. The smallest absolute Gasteiger partial charge is 0.331 e. The van der Waals surface area contributed by atoms with Gasteiger partial charge in [-0.05, 0) is 70.6 Å². The minimum absolute atomic E-state index is 0.0699. The van der Waals surface area contributed by atoms with Crippen LogP contribution in [0.15, 0.2) is 4.99 Å². The molecule has 6 nitrogen and oxygen atoms in total. The van der Waals surface area contributed by atoms with Crippen molar-refractivity contribution in [3.05, 3.63) is 0 Å². The molecule has 0 amide bonds. The maximum absolute atomic E-state index is 12.9. The van der Waals surface area contributed by atoms with Crippen LogP contribution in [0.3, 0.4) is 0 Å². The Labute approximate surface area is 169 Å². The van der Waals surface area contributed by atoms with Gasteiger partial charge in [-0.25, -0.2) is 4.79 Å². The average Bonchev–Trinajstić information content (AvgIpc) is 2.50. The molecule has 5 atom stereocenters. The summed E-state index contributed by atoms with van der Waals surface area (Å²) in [6.45, 7) is 15.4. The van der Waals surface area contributed by atoms with Gasteiger partial charge in [-0.3, -0.25) is 9.79 Å². The molecular formula is C22H37NO5. The highest BCUT2D eigenvalue weighted by atomic mass is 16.6. The Morgan fingerprint density at radius 1 is 1.29 bits per heavy atom. The van der Waals surface area contributed by atoms with E-state index in [9.17, 15) is 14.7 Å². The van der Waals surface area contributed by atoms with Crippen molar-refractivity contribution in [2.75, 3.05) is 6.61 Å². The van der Waals surface area contributed by atoms with E-state index < -0.39 is 23.2 Å². The second-order valence-electron chi connectivity index (χ2n) is 10.2. The predicted octanol–water partition coefficient (Wildman–Crippen LogP) is 3.54. The highest BCUT2D eigenvalue weighted by Crippen LogP contribution is 2.61. The van der Waals surface area contributed by atoms with Gasteiger partial charge in [0.15, 0.2) is 6.04 Å². The fourth-order valence-electron chi connectivity index (χ4n) is 4.68. The van der Waals surface area contributed by atoms with Crippen LogP contribution in [0.5, 0.6) is 0 Å². The van der Waals surface area contributed by atoms with Gasteiger partial charge in [-0.15, -0.1) is 0 Å². The van der Waals surface area contributed by atoms with E-state index in [1.54, 1.807) is 41.5 Å². The summed E-state index contributed by atoms with van der Waals surface area (Å²) in [5.74, 6) is -0.633. The van der Waals surface area contributed by atoms with Gasteiger partial charge in [0.05, 0.1) is 13.0 Å². The molecule has 2 bridgehead atoms. The molecule has 0 aliphatic heterocycles. The van der Waals surface area contributed by atoms with Crippen LogP contribution in [0.2, 0.25) is 0 Å². The molecule has 6 heteroatoms. The molecule has 0 saturated heterocycles. The predicted molar refractivity (Wildman–Crippen MR) is 108 cm³/mol. The molecule has 0 spiro atoms. The van der Waals surface area contributed by atoms with E-state index in [1.165, 1.54) is 0 Å². The SMILES string of the molecule is CCOC(=O)CC(C)C(/N=C1\C[C@H]2C[C@H](C2(C)C)[C@@]1(C)O)C(=O)OC(C)(C)C. The summed E-state index contributed by atoms with van der Waals surface area (Å²) in [5, 5.41) is 11.2. The third-order valence-corrected chi connectivity index (χ3v) is 6.45. The minimum atomic E-state index is -1.05. The standard InChI is InChI=1S/C22H37NO5/c1-9-27-17(24)10-13(2)18(19(25)28-20(3,4)5)23-16-12-14-11-15(21(14,6)7)22(16,8)26/h13-15,18,26H,9-12H2,1-8H3/b23-16+/t13?,14-,15-,18?,22-/m1/s1. The summed E-state index contributed by atoms with van der Waals surface area (Å²) < 4.78 is 10.6. The van der Waals surface area contributed by atoms with Crippen LogP contribution in [-0.4, -0.2) is 46.6 Å². The normalized spacial score (nSPS) is 32.2. The molecule has 0 radical (unpaired) electrons. The van der Waals surface area contributed by atoms with Gasteiger partial charge < -0.3 is 14.6 Å². The van der Waals surface area contributed by atoms with Crippen LogP contribution in [0.25, 0.3) is 0 Å². The first-order valence-electron chi connectivity index (χ1n) is 10.4. The highest BCUT2D eigenvalue weighted by Gasteiger charge is 2.61. The number of ether oxygens (including phenoxy) is 2. The number of hydrogen-bond acceptors (Lipinski definition) is 6. The summed E-state index contributed by atoms with van der Waals surface area (Å²) >= 11 is 0. The highest BCUT2D eigenvalue weighted by molar-refractivity contribution is 5.96. The van der Waals surface area contributed by atoms with Gasteiger partial charge in [0.2, 0.25) is 0 Å². The van der Waals surface area contributed by atoms with E-state index in [1.807, 2.05) is 0 Å². The number of fused-ring (bicyclic) bond motifs is 2. The third kappa shape index (κ3) is 4.58. The van der Waals surface area contributed by atoms with E-state index in [-0.39, 0.29) is 29.6 Å². The summed E-state index contributed by atoms with van der Waals surface area (Å²) in [4.78, 5) is 29.6. The van der Waals surface area contributed by atoms with Crippen LogP contribution < -0.4 is 0 Å². The van der Waals surface area contributed by atoms with Crippen molar-refractivity contribution < 1.29 is 24.2 Å². The molecule has 0 heterocycles. The van der Waals surface area contributed by atoms with Crippen LogP contribution in [0.1, 0.15) is 74.7 Å². The Morgan fingerprint density at radius 2 is 1.89 bits per heavy atom.